The first-order valence-corrected chi connectivity index (χ1v) is 9.47. The zero-order valence-corrected chi connectivity index (χ0v) is 17.0. The molecule has 6 heteroatoms. The quantitative estimate of drug-likeness (QED) is 0.528. The summed E-state index contributed by atoms with van der Waals surface area (Å²) < 4.78 is 0. The molecule has 1 aliphatic heterocycles. The lowest BCUT2D eigenvalue weighted by Gasteiger charge is -2.27. The summed E-state index contributed by atoms with van der Waals surface area (Å²) in [6.45, 7) is 11.9. The van der Waals surface area contributed by atoms with E-state index in [1.807, 2.05) is 44.2 Å². The predicted octanol–water partition coefficient (Wildman–Crippen LogP) is 2.33. The number of carbonyl (C=O) groups is 2. The van der Waals surface area contributed by atoms with Crippen LogP contribution in [0.3, 0.4) is 0 Å². The third kappa shape index (κ3) is 6.48. The molecular formula is C21H32N4O2. The van der Waals surface area contributed by atoms with Crippen molar-refractivity contribution in [2.24, 2.45) is 0 Å². The third-order valence-electron chi connectivity index (χ3n) is 4.48. The van der Waals surface area contributed by atoms with E-state index in [0.717, 1.165) is 36.3 Å². The van der Waals surface area contributed by atoms with Crippen molar-refractivity contribution >= 4 is 17.5 Å². The number of amides is 2. The molecule has 2 rings (SSSR count). The van der Waals surface area contributed by atoms with Gasteiger partial charge in [0.05, 0.1) is 0 Å². The van der Waals surface area contributed by atoms with Gasteiger partial charge in [-0.25, -0.2) is 0 Å². The van der Waals surface area contributed by atoms with E-state index in [2.05, 4.69) is 35.1 Å². The van der Waals surface area contributed by atoms with Gasteiger partial charge in [-0.2, -0.15) is 0 Å². The SMILES string of the molecule is CC(=O)Nc1ccc(CNCCCNC(=O)C2=CC(C)(C)NC2(C)C)cc1. The van der Waals surface area contributed by atoms with Crippen LogP contribution >= 0.6 is 0 Å². The van der Waals surface area contributed by atoms with Crippen LogP contribution in [0.4, 0.5) is 5.69 Å². The summed E-state index contributed by atoms with van der Waals surface area (Å²) in [5.74, 6) is -0.0642. The zero-order chi connectivity index (χ0) is 20.1. The highest BCUT2D eigenvalue weighted by Crippen LogP contribution is 2.29. The molecule has 4 N–H and O–H groups in total. The summed E-state index contributed by atoms with van der Waals surface area (Å²) >= 11 is 0. The summed E-state index contributed by atoms with van der Waals surface area (Å²) in [7, 11) is 0. The molecule has 0 unspecified atom stereocenters. The first-order valence-electron chi connectivity index (χ1n) is 9.47. The molecular weight excluding hydrogens is 340 g/mol. The molecule has 1 aromatic rings. The molecule has 2 amide bonds. The Labute approximate surface area is 162 Å². The van der Waals surface area contributed by atoms with E-state index in [-0.39, 0.29) is 22.9 Å². The standard InChI is InChI=1S/C21H32N4O2/c1-15(26)24-17-9-7-16(8-10-17)14-22-11-6-12-23-19(27)18-13-20(2,3)25-21(18,4)5/h7-10,13,22,25H,6,11-12,14H2,1-5H3,(H,23,27)(H,24,26). The lowest BCUT2D eigenvalue weighted by atomic mass is 9.96. The van der Waals surface area contributed by atoms with Crippen molar-refractivity contribution in [1.82, 2.24) is 16.0 Å². The Morgan fingerprint density at radius 1 is 1.04 bits per heavy atom. The molecule has 6 nitrogen and oxygen atoms in total. The first kappa shape index (κ1) is 21.1. The van der Waals surface area contributed by atoms with Gasteiger partial charge in [0.15, 0.2) is 0 Å². The summed E-state index contributed by atoms with van der Waals surface area (Å²) in [5.41, 5.74) is 2.29. The number of anilines is 1. The summed E-state index contributed by atoms with van der Waals surface area (Å²) in [6, 6.07) is 7.77. The van der Waals surface area contributed by atoms with Gasteiger partial charge in [0.1, 0.15) is 0 Å². The second-order valence-electron chi connectivity index (χ2n) is 8.19. The lowest BCUT2D eigenvalue weighted by molar-refractivity contribution is -0.118. The van der Waals surface area contributed by atoms with Crippen LogP contribution in [-0.4, -0.2) is 36.0 Å². The molecule has 1 heterocycles. The van der Waals surface area contributed by atoms with E-state index in [1.165, 1.54) is 6.92 Å². The van der Waals surface area contributed by atoms with Gasteiger partial charge in [-0.1, -0.05) is 18.2 Å². The smallest absolute Gasteiger partial charge is 0.248 e. The van der Waals surface area contributed by atoms with E-state index in [9.17, 15) is 9.59 Å². The van der Waals surface area contributed by atoms with Crippen LogP contribution in [0.5, 0.6) is 0 Å². The molecule has 0 aliphatic carbocycles. The minimum Gasteiger partial charge on any atom is -0.352 e. The predicted molar refractivity (Wildman–Crippen MR) is 109 cm³/mol. The maximum atomic E-state index is 12.4. The van der Waals surface area contributed by atoms with Gasteiger partial charge in [0, 0.05) is 42.4 Å². The van der Waals surface area contributed by atoms with Gasteiger partial charge in [0.25, 0.3) is 0 Å². The maximum absolute atomic E-state index is 12.4. The average Bonchev–Trinajstić information content (AvgIpc) is 2.79. The van der Waals surface area contributed by atoms with Crippen molar-refractivity contribution in [3.63, 3.8) is 0 Å². The molecule has 27 heavy (non-hydrogen) atoms. The van der Waals surface area contributed by atoms with Gasteiger partial charge in [-0.15, -0.1) is 0 Å². The second-order valence-corrected chi connectivity index (χ2v) is 8.19. The van der Waals surface area contributed by atoms with E-state index in [1.54, 1.807) is 0 Å². The van der Waals surface area contributed by atoms with Crippen LogP contribution < -0.4 is 21.3 Å². The highest BCUT2D eigenvalue weighted by Gasteiger charge is 2.39. The van der Waals surface area contributed by atoms with Crippen molar-refractivity contribution in [3.8, 4) is 0 Å². The fourth-order valence-electron chi connectivity index (χ4n) is 3.45. The zero-order valence-electron chi connectivity index (χ0n) is 17.0. The van der Waals surface area contributed by atoms with Crippen molar-refractivity contribution in [2.75, 3.05) is 18.4 Å². The lowest BCUT2D eigenvalue weighted by Crippen LogP contribution is -2.47. The Bertz CT molecular complexity index is 705. The Kier molecular flexibility index (Phi) is 6.78. The van der Waals surface area contributed by atoms with Crippen LogP contribution in [0.15, 0.2) is 35.9 Å². The minimum atomic E-state index is -0.310. The van der Waals surface area contributed by atoms with Gasteiger partial charge in [-0.3, -0.25) is 14.9 Å². The molecule has 0 aromatic heterocycles. The fourth-order valence-corrected chi connectivity index (χ4v) is 3.45. The maximum Gasteiger partial charge on any atom is 0.248 e. The molecule has 1 aromatic carbocycles. The van der Waals surface area contributed by atoms with E-state index in [4.69, 9.17) is 0 Å². The highest BCUT2D eigenvalue weighted by atomic mass is 16.2. The fraction of sp³-hybridized carbons (Fsp3) is 0.524. The Morgan fingerprint density at radius 2 is 1.70 bits per heavy atom. The number of hydrogen-bond acceptors (Lipinski definition) is 4. The molecule has 0 fully saturated rings. The number of rotatable bonds is 8. The summed E-state index contributed by atoms with van der Waals surface area (Å²) in [4.78, 5) is 23.5. The van der Waals surface area contributed by atoms with E-state index < -0.39 is 0 Å². The molecule has 0 radical (unpaired) electrons. The van der Waals surface area contributed by atoms with Gasteiger partial charge < -0.3 is 16.0 Å². The first-order chi connectivity index (χ1) is 12.6. The van der Waals surface area contributed by atoms with Gasteiger partial charge in [0.2, 0.25) is 11.8 Å². The van der Waals surface area contributed by atoms with Crippen LogP contribution in [0.1, 0.15) is 46.6 Å². The summed E-state index contributed by atoms with van der Waals surface area (Å²) in [5, 5.41) is 12.6. The molecule has 0 spiro atoms. The van der Waals surface area contributed by atoms with Gasteiger partial charge in [-0.05, 0) is 58.4 Å². The normalized spacial score (nSPS) is 17.3. The molecule has 0 atom stereocenters. The van der Waals surface area contributed by atoms with Crippen LogP contribution in [0.25, 0.3) is 0 Å². The highest BCUT2D eigenvalue weighted by molar-refractivity contribution is 5.96. The minimum absolute atomic E-state index is 0.00614. The van der Waals surface area contributed by atoms with E-state index in [0.29, 0.717) is 6.54 Å². The monoisotopic (exact) mass is 372 g/mol. The van der Waals surface area contributed by atoms with Crippen molar-refractivity contribution in [2.45, 2.75) is 58.7 Å². The summed E-state index contributed by atoms with van der Waals surface area (Å²) in [6.07, 6.45) is 2.88. The Balaban J connectivity index is 1.66. The molecule has 0 saturated carbocycles. The van der Waals surface area contributed by atoms with Crippen LogP contribution in [0, 0.1) is 0 Å². The van der Waals surface area contributed by atoms with Gasteiger partial charge >= 0.3 is 0 Å². The van der Waals surface area contributed by atoms with Crippen molar-refractivity contribution < 1.29 is 9.59 Å². The molecule has 0 saturated heterocycles. The van der Waals surface area contributed by atoms with Crippen molar-refractivity contribution in [1.29, 1.82) is 0 Å². The van der Waals surface area contributed by atoms with Crippen molar-refractivity contribution in [3.05, 3.63) is 41.5 Å². The number of carbonyl (C=O) groups excluding carboxylic acids is 2. The molecule has 148 valence electrons. The number of hydrogen-bond donors (Lipinski definition) is 4. The Morgan fingerprint density at radius 3 is 2.26 bits per heavy atom. The third-order valence-corrected chi connectivity index (χ3v) is 4.48. The number of benzene rings is 1. The van der Waals surface area contributed by atoms with E-state index >= 15 is 0 Å². The number of nitrogens with one attached hydrogen (secondary N) is 4. The average molecular weight is 373 g/mol. The molecule has 0 bridgehead atoms. The Hall–Kier alpha value is -2.18. The van der Waals surface area contributed by atoms with Crippen LogP contribution in [-0.2, 0) is 16.1 Å². The van der Waals surface area contributed by atoms with Crippen LogP contribution in [0.2, 0.25) is 0 Å². The topological polar surface area (TPSA) is 82.3 Å². The molecule has 1 aliphatic rings. The second kappa shape index (κ2) is 8.67. The largest absolute Gasteiger partial charge is 0.352 e.